The maximum absolute atomic E-state index is 11.5. The van der Waals surface area contributed by atoms with Crippen LogP contribution in [-0.4, -0.2) is 20.7 Å². The number of hydrogen-bond donors (Lipinski definition) is 0. The first-order chi connectivity index (χ1) is 6.90. The van der Waals surface area contributed by atoms with Crippen molar-refractivity contribution in [1.82, 2.24) is 0 Å². The molecule has 0 saturated heterocycles. The van der Waals surface area contributed by atoms with Gasteiger partial charge in [-0.3, -0.25) is 0 Å². The first kappa shape index (κ1) is 14.2. The van der Waals surface area contributed by atoms with Crippen molar-refractivity contribution in [1.29, 1.82) is 0 Å². The van der Waals surface area contributed by atoms with E-state index in [-0.39, 0.29) is 5.97 Å². The van der Waals surface area contributed by atoms with Gasteiger partial charge in [-0.05, 0) is 13.3 Å². The van der Waals surface area contributed by atoms with E-state index in [0.717, 1.165) is 12.8 Å². The summed E-state index contributed by atoms with van der Waals surface area (Å²) in [5.41, 5.74) is 5.87. The second-order valence-corrected chi connectivity index (χ2v) is 9.62. The Morgan fingerprint density at radius 1 is 1.33 bits per heavy atom. The molecule has 0 radical (unpaired) electrons. The van der Waals surface area contributed by atoms with E-state index in [4.69, 9.17) is 4.74 Å². The molecule has 0 amide bonds. The summed E-state index contributed by atoms with van der Waals surface area (Å²) in [6, 6.07) is 0. The van der Waals surface area contributed by atoms with Gasteiger partial charge in [0, 0.05) is 0 Å². The summed E-state index contributed by atoms with van der Waals surface area (Å²) >= 11 is 0. The molecule has 0 aliphatic carbocycles. The molecule has 15 heavy (non-hydrogen) atoms. The van der Waals surface area contributed by atoms with Crippen LogP contribution < -0.4 is 0 Å². The summed E-state index contributed by atoms with van der Waals surface area (Å²) in [7, 11) is -1.28. The zero-order chi connectivity index (χ0) is 11.9. The smallest absolute Gasteiger partial charge is 0.341 e. The fourth-order valence-corrected chi connectivity index (χ4v) is 1.61. The first-order valence-corrected chi connectivity index (χ1v) is 9.12. The molecule has 0 aromatic carbocycles. The number of hydrogen-bond acceptors (Lipinski definition) is 2. The highest BCUT2D eigenvalue weighted by atomic mass is 28.3. The molecule has 0 aliphatic heterocycles. The van der Waals surface area contributed by atoms with Gasteiger partial charge in [-0.2, -0.15) is 0 Å². The molecule has 2 nitrogen and oxygen atoms in total. The van der Waals surface area contributed by atoms with Gasteiger partial charge in [0.2, 0.25) is 0 Å². The Morgan fingerprint density at radius 3 is 2.33 bits per heavy atom. The topological polar surface area (TPSA) is 26.3 Å². The largest absolute Gasteiger partial charge is 0.462 e. The van der Waals surface area contributed by atoms with E-state index in [0.29, 0.717) is 12.2 Å². The number of rotatable bonds is 5. The van der Waals surface area contributed by atoms with Crippen molar-refractivity contribution in [3.63, 3.8) is 0 Å². The minimum Gasteiger partial charge on any atom is -0.462 e. The predicted molar refractivity (Wildman–Crippen MR) is 66.5 cm³/mol. The van der Waals surface area contributed by atoms with Gasteiger partial charge in [-0.1, -0.05) is 38.7 Å². The SMILES string of the molecule is CCCC(=C=C[Si](C)(C)C)C(=O)OCC. The zero-order valence-corrected chi connectivity index (χ0v) is 11.5. The van der Waals surface area contributed by atoms with Crippen molar-refractivity contribution >= 4 is 14.0 Å². The molecule has 0 aromatic heterocycles. The van der Waals surface area contributed by atoms with Crippen molar-refractivity contribution in [2.24, 2.45) is 0 Å². The van der Waals surface area contributed by atoms with E-state index < -0.39 is 8.07 Å². The number of ether oxygens (including phenoxy) is 1. The lowest BCUT2D eigenvalue weighted by molar-refractivity contribution is -0.138. The van der Waals surface area contributed by atoms with E-state index >= 15 is 0 Å². The fourth-order valence-electron chi connectivity index (χ4n) is 1.00. The third-order valence-electron chi connectivity index (χ3n) is 1.70. The monoisotopic (exact) mass is 226 g/mol. The third kappa shape index (κ3) is 7.17. The van der Waals surface area contributed by atoms with Gasteiger partial charge in [0.15, 0.2) is 0 Å². The van der Waals surface area contributed by atoms with E-state index in [1.165, 1.54) is 0 Å². The molecule has 0 unspecified atom stereocenters. The summed E-state index contributed by atoms with van der Waals surface area (Å²) in [6.45, 7) is 11.0. The van der Waals surface area contributed by atoms with Crippen LogP contribution in [0.15, 0.2) is 17.0 Å². The molecule has 0 rings (SSSR count). The molecule has 0 atom stereocenters. The Hall–Kier alpha value is -0.793. The number of carbonyl (C=O) groups excluding carboxylic acids is 1. The molecule has 0 aliphatic rings. The molecule has 0 fully saturated rings. The Balaban J connectivity index is 4.80. The molecule has 0 N–H and O–H groups in total. The van der Waals surface area contributed by atoms with Gasteiger partial charge >= 0.3 is 5.97 Å². The maximum Gasteiger partial charge on any atom is 0.341 e. The maximum atomic E-state index is 11.5. The van der Waals surface area contributed by atoms with Crippen molar-refractivity contribution in [2.75, 3.05) is 6.61 Å². The zero-order valence-electron chi connectivity index (χ0n) is 10.5. The minimum atomic E-state index is -1.28. The highest BCUT2D eigenvalue weighted by molar-refractivity contribution is 6.80. The van der Waals surface area contributed by atoms with Gasteiger partial charge in [0.1, 0.15) is 0 Å². The highest BCUT2D eigenvalue weighted by Gasteiger charge is 2.11. The average molecular weight is 226 g/mol. The van der Waals surface area contributed by atoms with Crippen molar-refractivity contribution < 1.29 is 9.53 Å². The van der Waals surface area contributed by atoms with Crippen LogP contribution in [0.25, 0.3) is 0 Å². The standard InChI is InChI=1S/C12H22O2Si/c1-6-8-11(12(13)14-7-2)9-10-15(3,4)5/h10H,6-8H2,1-5H3. The van der Waals surface area contributed by atoms with Gasteiger partial charge in [0.25, 0.3) is 0 Å². The Kier molecular flexibility index (Phi) is 6.30. The average Bonchev–Trinajstić information content (AvgIpc) is 2.11. The number of esters is 1. The summed E-state index contributed by atoms with van der Waals surface area (Å²) in [5.74, 6) is -0.214. The van der Waals surface area contributed by atoms with Crippen LogP contribution in [0.4, 0.5) is 0 Å². The van der Waals surface area contributed by atoms with Gasteiger partial charge in [-0.15, -0.1) is 5.73 Å². The molecule has 3 heteroatoms. The van der Waals surface area contributed by atoms with Crippen LogP contribution in [0, 0.1) is 0 Å². The van der Waals surface area contributed by atoms with E-state index in [9.17, 15) is 4.79 Å². The lowest BCUT2D eigenvalue weighted by atomic mass is 10.2. The Labute approximate surface area is 94.0 Å². The molecule has 0 spiro atoms. The third-order valence-corrected chi connectivity index (χ3v) is 2.71. The normalized spacial score (nSPS) is 10.5. The number of carbonyl (C=O) groups is 1. The summed E-state index contributed by atoms with van der Waals surface area (Å²) in [4.78, 5) is 11.5. The van der Waals surface area contributed by atoms with Gasteiger partial charge < -0.3 is 4.74 Å². The second kappa shape index (κ2) is 6.65. The summed E-state index contributed by atoms with van der Waals surface area (Å²) in [6.07, 6.45) is 1.69. The van der Waals surface area contributed by atoms with Crippen molar-refractivity contribution in [3.05, 3.63) is 17.0 Å². The van der Waals surface area contributed by atoms with E-state index in [1.54, 1.807) is 0 Å². The lowest BCUT2D eigenvalue weighted by Crippen LogP contribution is -2.15. The predicted octanol–water partition coefficient (Wildman–Crippen LogP) is 3.31. The fraction of sp³-hybridized carbons (Fsp3) is 0.667. The molecule has 0 aromatic rings. The Bertz CT molecular complexity index is 268. The summed E-state index contributed by atoms with van der Waals surface area (Å²) in [5, 5.41) is 0. The van der Waals surface area contributed by atoms with Gasteiger partial charge in [-0.25, -0.2) is 4.79 Å². The van der Waals surface area contributed by atoms with Crippen molar-refractivity contribution in [3.8, 4) is 0 Å². The molecular weight excluding hydrogens is 204 g/mol. The van der Waals surface area contributed by atoms with Crippen LogP contribution in [0.3, 0.4) is 0 Å². The van der Waals surface area contributed by atoms with E-state index in [1.807, 2.05) is 6.92 Å². The van der Waals surface area contributed by atoms with Crippen LogP contribution in [0.2, 0.25) is 19.6 Å². The van der Waals surface area contributed by atoms with Crippen LogP contribution >= 0.6 is 0 Å². The first-order valence-electron chi connectivity index (χ1n) is 5.54. The molecule has 0 saturated carbocycles. The molecule has 0 bridgehead atoms. The van der Waals surface area contributed by atoms with Crippen LogP contribution in [0.1, 0.15) is 26.7 Å². The highest BCUT2D eigenvalue weighted by Crippen LogP contribution is 2.08. The van der Waals surface area contributed by atoms with Crippen molar-refractivity contribution in [2.45, 2.75) is 46.3 Å². The second-order valence-electron chi connectivity index (χ2n) is 4.60. The summed E-state index contributed by atoms with van der Waals surface area (Å²) < 4.78 is 4.98. The quantitative estimate of drug-likeness (QED) is 0.311. The minimum absolute atomic E-state index is 0.214. The van der Waals surface area contributed by atoms with E-state index in [2.05, 4.69) is 38.0 Å². The molecular formula is C12H22O2Si. The van der Waals surface area contributed by atoms with Gasteiger partial charge in [0.05, 0.1) is 20.3 Å². The molecule has 0 heterocycles. The van der Waals surface area contributed by atoms with Crippen LogP contribution in [-0.2, 0) is 9.53 Å². The van der Waals surface area contributed by atoms with Crippen LogP contribution in [0.5, 0.6) is 0 Å². The lowest BCUT2D eigenvalue weighted by Gasteiger charge is -2.07. The Morgan fingerprint density at radius 2 is 1.93 bits per heavy atom. The molecule has 86 valence electrons.